The molecule has 1 saturated heterocycles. The Hall–Kier alpha value is -0.600. The van der Waals surface area contributed by atoms with E-state index < -0.39 is 10.0 Å². The summed E-state index contributed by atoms with van der Waals surface area (Å²) in [6, 6.07) is 7.26. The third-order valence-electron chi connectivity index (χ3n) is 5.10. The molecular weight excluding hydrogens is 380 g/mol. The largest absolute Gasteiger partial charge is 0.379 e. The van der Waals surface area contributed by atoms with E-state index in [0.717, 1.165) is 32.5 Å². The Morgan fingerprint density at radius 1 is 1.19 bits per heavy atom. The van der Waals surface area contributed by atoms with Crippen LogP contribution in [0.3, 0.4) is 0 Å². The Kier molecular flexibility index (Phi) is 9.59. The molecule has 0 bridgehead atoms. The number of benzene rings is 1. The van der Waals surface area contributed by atoms with Gasteiger partial charge in [-0.05, 0) is 37.5 Å². The molecule has 0 radical (unpaired) electrons. The lowest BCUT2D eigenvalue weighted by molar-refractivity contribution is 0.0357. The third kappa shape index (κ3) is 6.75. The van der Waals surface area contributed by atoms with Gasteiger partial charge in [-0.2, -0.15) is 16.9 Å². The van der Waals surface area contributed by atoms with Crippen LogP contribution in [0.2, 0.25) is 0 Å². The summed E-state index contributed by atoms with van der Waals surface area (Å²) >= 11 is 4.34. The van der Waals surface area contributed by atoms with Crippen molar-refractivity contribution in [2.45, 2.75) is 50.5 Å². The number of hydrogen-bond acceptors (Lipinski definition) is 5. The van der Waals surface area contributed by atoms with E-state index in [4.69, 9.17) is 4.74 Å². The summed E-state index contributed by atoms with van der Waals surface area (Å²) in [5.41, 5.74) is 1.20. The zero-order chi connectivity index (χ0) is 19.7. The van der Waals surface area contributed by atoms with Crippen molar-refractivity contribution in [3.8, 4) is 0 Å². The second-order valence-electron chi connectivity index (χ2n) is 7.20. The lowest BCUT2D eigenvalue weighted by Crippen LogP contribution is -2.46. The van der Waals surface area contributed by atoms with Crippen LogP contribution in [0.5, 0.6) is 0 Å². The van der Waals surface area contributed by atoms with Crippen LogP contribution < -0.4 is 0 Å². The summed E-state index contributed by atoms with van der Waals surface area (Å²) in [5.74, 6) is 0.497. The van der Waals surface area contributed by atoms with Gasteiger partial charge in [-0.1, -0.05) is 31.9 Å². The molecule has 1 fully saturated rings. The van der Waals surface area contributed by atoms with Crippen molar-refractivity contribution in [2.24, 2.45) is 0 Å². The molecule has 0 aliphatic carbocycles. The maximum atomic E-state index is 13.2. The fraction of sp³-hybridized carbons (Fsp3) is 0.700. The van der Waals surface area contributed by atoms with Crippen molar-refractivity contribution in [1.29, 1.82) is 0 Å². The summed E-state index contributed by atoms with van der Waals surface area (Å²) in [5, 5.41) is 0. The molecule has 0 amide bonds. The first-order chi connectivity index (χ1) is 13.0. The minimum absolute atomic E-state index is 0.149. The average Bonchev–Trinajstić information content (AvgIpc) is 2.69. The van der Waals surface area contributed by atoms with Crippen LogP contribution in [-0.4, -0.2) is 68.8 Å². The maximum Gasteiger partial charge on any atom is 0.243 e. The molecule has 0 unspecified atom stereocenters. The van der Waals surface area contributed by atoms with Crippen LogP contribution in [-0.2, 0) is 21.2 Å². The summed E-state index contributed by atoms with van der Waals surface area (Å²) in [6.45, 7) is 8.44. The number of thiol groups is 1. The van der Waals surface area contributed by atoms with Crippen molar-refractivity contribution in [3.05, 3.63) is 29.8 Å². The highest BCUT2D eigenvalue weighted by Crippen LogP contribution is 2.20. The molecule has 1 atom stereocenters. The molecule has 0 saturated carbocycles. The molecule has 1 aromatic rings. The monoisotopic (exact) mass is 414 g/mol. The number of morpholine rings is 1. The Morgan fingerprint density at radius 2 is 1.85 bits per heavy atom. The zero-order valence-corrected chi connectivity index (χ0v) is 18.4. The van der Waals surface area contributed by atoms with E-state index in [-0.39, 0.29) is 6.04 Å². The number of unbranched alkanes of at least 4 members (excludes halogenated alkanes) is 2. The third-order valence-corrected chi connectivity index (χ3v) is 7.65. The molecule has 2 rings (SSSR count). The second kappa shape index (κ2) is 11.4. The predicted molar refractivity (Wildman–Crippen MR) is 114 cm³/mol. The van der Waals surface area contributed by atoms with Crippen LogP contribution >= 0.6 is 12.6 Å². The molecule has 27 heavy (non-hydrogen) atoms. The summed E-state index contributed by atoms with van der Waals surface area (Å²) in [7, 11) is -3.53. The van der Waals surface area contributed by atoms with Gasteiger partial charge in [0.2, 0.25) is 10.0 Å². The molecule has 1 aliphatic heterocycles. The lowest BCUT2D eigenvalue weighted by Gasteiger charge is -2.32. The Bertz CT molecular complexity index is 644. The van der Waals surface area contributed by atoms with Gasteiger partial charge in [-0.3, -0.25) is 4.90 Å². The van der Waals surface area contributed by atoms with E-state index in [1.807, 2.05) is 19.1 Å². The topological polar surface area (TPSA) is 49.9 Å². The minimum atomic E-state index is -3.53. The number of sulfonamides is 1. The first-order valence-electron chi connectivity index (χ1n) is 10.0. The summed E-state index contributed by atoms with van der Waals surface area (Å²) in [6.07, 6.45) is 4.54. The van der Waals surface area contributed by atoms with Crippen molar-refractivity contribution in [3.63, 3.8) is 0 Å². The van der Waals surface area contributed by atoms with E-state index >= 15 is 0 Å². The molecule has 1 aromatic carbocycles. The number of aryl methyl sites for hydroxylation is 1. The SMILES string of the molecule is CCCCCc1ccc(S(=O)(=O)N(CCN2CCOCC2)[C@H](C)CS)cc1. The summed E-state index contributed by atoms with van der Waals surface area (Å²) in [4.78, 5) is 2.63. The van der Waals surface area contributed by atoms with Crippen LogP contribution in [0.1, 0.15) is 38.7 Å². The maximum absolute atomic E-state index is 13.2. The Balaban J connectivity index is 2.07. The van der Waals surface area contributed by atoms with E-state index in [9.17, 15) is 8.42 Å². The van der Waals surface area contributed by atoms with Gasteiger partial charge >= 0.3 is 0 Å². The Morgan fingerprint density at radius 3 is 2.44 bits per heavy atom. The Labute approximate surface area is 170 Å². The molecule has 7 heteroatoms. The second-order valence-corrected chi connectivity index (χ2v) is 9.46. The van der Waals surface area contributed by atoms with E-state index in [0.29, 0.717) is 30.4 Å². The normalized spacial score (nSPS) is 17.3. The smallest absolute Gasteiger partial charge is 0.243 e. The first-order valence-corrected chi connectivity index (χ1v) is 12.1. The highest BCUT2D eigenvalue weighted by atomic mass is 32.2. The molecule has 1 aliphatic rings. The molecule has 5 nitrogen and oxygen atoms in total. The van der Waals surface area contributed by atoms with Crippen LogP contribution in [0, 0.1) is 0 Å². The van der Waals surface area contributed by atoms with Gasteiger partial charge in [0.25, 0.3) is 0 Å². The molecule has 154 valence electrons. The van der Waals surface area contributed by atoms with Gasteiger partial charge in [0.15, 0.2) is 0 Å². The fourth-order valence-corrected chi connectivity index (χ4v) is 5.20. The lowest BCUT2D eigenvalue weighted by atomic mass is 10.1. The van der Waals surface area contributed by atoms with Gasteiger partial charge in [0.1, 0.15) is 0 Å². The molecule has 0 N–H and O–H groups in total. The summed E-state index contributed by atoms with van der Waals surface area (Å²) < 4.78 is 33.4. The molecule has 0 spiro atoms. The van der Waals surface area contributed by atoms with Gasteiger partial charge < -0.3 is 4.74 Å². The van der Waals surface area contributed by atoms with Crippen LogP contribution in [0.15, 0.2) is 29.2 Å². The predicted octanol–water partition coefficient (Wildman–Crippen LogP) is 3.06. The number of hydrogen-bond donors (Lipinski definition) is 1. The van der Waals surface area contributed by atoms with Gasteiger partial charge in [-0.15, -0.1) is 0 Å². The van der Waals surface area contributed by atoms with E-state index in [1.165, 1.54) is 18.4 Å². The molecule has 0 aromatic heterocycles. The van der Waals surface area contributed by atoms with Crippen LogP contribution in [0.4, 0.5) is 0 Å². The number of rotatable bonds is 11. The van der Waals surface area contributed by atoms with Crippen molar-refractivity contribution < 1.29 is 13.2 Å². The van der Waals surface area contributed by atoms with Crippen molar-refractivity contribution in [2.75, 3.05) is 45.1 Å². The quantitative estimate of drug-likeness (QED) is 0.447. The number of ether oxygens (including phenoxy) is 1. The van der Waals surface area contributed by atoms with Gasteiger partial charge in [-0.25, -0.2) is 8.42 Å². The highest BCUT2D eigenvalue weighted by Gasteiger charge is 2.29. The molecule has 1 heterocycles. The van der Waals surface area contributed by atoms with Crippen LogP contribution in [0.25, 0.3) is 0 Å². The molecular formula is C20H34N2O3S2. The van der Waals surface area contributed by atoms with Crippen molar-refractivity contribution in [1.82, 2.24) is 9.21 Å². The standard InChI is InChI=1S/C20H34N2O3S2/c1-3-4-5-6-19-7-9-20(10-8-19)27(23,24)22(18(2)17-26)12-11-21-13-15-25-16-14-21/h7-10,18,26H,3-6,11-17H2,1-2H3/t18-/m1/s1. The minimum Gasteiger partial charge on any atom is -0.379 e. The van der Waals surface area contributed by atoms with Crippen molar-refractivity contribution >= 4 is 22.7 Å². The van der Waals surface area contributed by atoms with Gasteiger partial charge in [0.05, 0.1) is 18.1 Å². The van der Waals surface area contributed by atoms with Gasteiger partial charge in [0, 0.05) is 38.0 Å². The number of nitrogens with zero attached hydrogens (tertiary/aromatic N) is 2. The van der Waals surface area contributed by atoms with E-state index in [2.05, 4.69) is 24.5 Å². The highest BCUT2D eigenvalue weighted by molar-refractivity contribution is 7.89. The van der Waals surface area contributed by atoms with E-state index in [1.54, 1.807) is 16.4 Å². The first kappa shape index (κ1) is 22.7. The fourth-order valence-electron chi connectivity index (χ4n) is 3.28. The average molecular weight is 415 g/mol. The zero-order valence-electron chi connectivity index (χ0n) is 16.6.